The molecule has 0 bridgehead atoms. The van der Waals surface area contributed by atoms with Crippen molar-refractivity contribution in [1.82, 2.24) is 0 Å². The Morgan fingerprint density at radius 1 is 1.05 bits per heavy atom. The SMILES string of the molecule is N#C/C=C/CC[C@H]1CC[C@H](CCc2ccc(F)c(F)c2)CC1. The molecule has 1 aromatic carbocycles. The zero-order chi connectivity index (χ0) is 15.8. The van der Waals surface area contributed by atoms with Gasteiger partial charge in [-0.25, -0.2) is 8.78 Å². The molecule has 1 aromatic rings. The number of benzene rings is 1. The van der Waals surface area contributed by atoms with Crippen molar-refractivity contribution in [2.75, 3.05) is 0 Å². The summed E-state index contributed by atoms with van der Waals surface area (Å²) < 4.78 is 26.1. The molecule has 0 radical (unpaired) electrons. The molecular weight excluding hydrogens is 280 g/mol. The van der Waals surface area contributed by atoms with Gasteiger partial charge in [-0.15, -0.1) is 0 Å². The first-order valence-corrected chi connectivity index (χ1v) is 8.17. The lowest BCUT2D eigenvalue weighted by molar-refractivity contribution is 0.254. The van der Waals surface area contributed by atoms with Crippen LogP contribution in [0, 0.1) is 34.8 Å². The molecule has 1 fully saturated rings. The Morgan fingerprint density at radius 2 is 1.73 bits per heavy atom. The fourth-order valence-corrected chi connectivity index (χ4v) is 3.34. The fraction of sp³-hybridized carbons (Fsp3) is 0.526. The molecule has 22 heavy (non-hydrogen) atoms. The van der Waals surface area contributed by atoms with Crippen molar-refractivity contribution in [1.29, 1.82) is 5.26 Å². The third kappa shape index (κ3) is 5.26. The van der Waals surface area contributed by atoms with Crippen molar-refractivity contribution in [3.05, 3.63) is 47.5 Å². The monoisotopic (exact) mass is 303 g/mol. The van der Waals surface area contributed by atoms with Crippen molar-refractivity contribution < 1.29 is 8.78 Å². The van der Waals surface area contributed by atoms with E-state index in [-0.39, 0.29) is 0 Å². The minimum absolute atomic E-state index is 0.707. The number of hydrogen-bond donors (Lipinski definition) is 0. The predicted molar refractivity (Wildman–Crippen MR) is 84.1 cm³/mol. The van der Waals surface area contributed by atoms with Crippen LogP contribution in [0.4, 0.5) is 8.78 Å². The molecule has 0 aromatic heterocycles. The molecule has 0 aliphatic heterocycles. The number of aryl methyl sites for hydroxylation is 1. The molecule has 1 nitrogen and oxygen atoms in total. The first-order chi connectivity index (χ1) is 10.7. The summed E-state index contributed by atoms with van der Waals surface area (Å²) in [7, 11) is 0. The van der Waals surface area contributed by atoms with Crippen LogP contribution in [-0.4, -0.2) is 0 Å². The lowest BCUT2D eigenvalue weighted by atomic mass is 9.78. The molecule has 0 spiro atoms. The predicted octanol–water partition coefficient (Wildman–Crippen LogP) is 5.56. The largest absolute Gasteiger partial charge is 0.204 e. The highest BCUT2D eigenvalue weighted by Gasteiger charge is 2.20. The van der Waals surface area contributed by atoms with E-state index in [4.69, 9.17) is 5.26 Å². The lowest BCUT2D eigenvalue weighted by Crippen LogP contribution is -2.15. The maximum atomic E-state index is 13.2. The van der Waals surface area contributed by atoms with Crippen LogP contribution in [-0.2, 0) is 6.42 Å². The van der Waals surface area contributed by atoms with Gasteiger partial charge in [-0.3, -0.25) is 0 Å². The first kappa shape index (κ1) is 16.7. The second-order valence-electron chi connectivity index (χ2n) is 6.28. The highest BCUT2D eigenvalue weighted by molar-refractivity contribution is 5.17. The van der Waals surface area contributed by atoms with E-state index >= 15 is 0 Å². The molecule has 0 N–H and O–H groups in total. The number of hydrogen-bond acceptors (Lipinski definition) is 1. The van der Waals surface area contributed by atoms with E-state index in [1.165, 1.54) is 44.2 Å². The molecule has 118 valence electrons. The van der Waals surface area contributed by atoms with Crippen LogP contribution < -0.4 is 0 Å². The maximum absolute atomic E-state index is 13.2. The molecule has 2 rings (SSSR count). The van der Waals surface area contributed by atoms with Crippen LogP contribution in [0.2, 0.25) is 0 Å². The van der Waals surface area contributed by atoms with Crippen molar-refractivity contribution in [3.63, 3.8) is 0 Å². The van der Waals surface area contributed by atoms with Gasteiger partial charge in [0.2, 0.25) is 0 Å². The molecule has 1 saturated carbocycles. The van der Waals surface area contributed by atoms with Crippen LogP contribution in [0.3, 0.4) is 0 Å². The smallest absolute Gasteiger partial charge is 0.159 e. The van der Waals surface area contributed by atoms with E-state index in [1.807, 2.05) is 12.1 Å². The Kier molecular flexibility index (Phi) is 6.58. The van der Waals surface area contributed by atoms with Gasteiger partial charge in [-0.1, -0.05) is 37.8 Å². The molecule has 3 heteroatoms. The molecule has 0 unspecified atom stereocenters. The normalized spacial score (nSPS) is 21.9. The Bertz CT molecular complexity index is 537. The molecule has 0 atom stereocenters. The molecule has 0 amide bonds. The summed E-state index contributed by atoms with van der Waals surface area (Å²) in [5.74, 6) is -0.0248. The van der Waals surface area contributed by atoms with Gasteiger partial charge in [0.1, 0.15) is 0 Å². The van der Waals surface area contributed by atoms with Crippen LogP contribution in [0.1, 0.15) is 50.5 Å². The van der Waals surface area contributed by atoms with Crippen LogP contribution in [0.25, 0.3) is 0 Å². The second-order valence-corrected chi connectivity index (χ2v) is 6.28. The van der Waals surface area contributed by atoms with Crippen molar-refractivity contribution in [2.24, 2.45) is 11.8 Å². The number of nitrogens with zero attached hydrogens (tertiary/aromatic N) is 1. The van der Waals surface area contributed by atoms with E-state index in [1.54, 1.807) is 12.1 Å². The van der Waals surface area contributed by atoms with Crippen molar-refractivity contribution in [2.45, 2.75) is 51.4 Å². The van der Waals surface area contributed by atoms with Gasteiger partial charge in [-0.05, 0) is 55.2 Å². The van der Waals surface area contributed by atoms with E-state index < -0.39 is 11.6 Å². The first-order valence-electron chi connectivity index (χ1n) is 8.17. The molecule has 0 saturated heterocycles. The summed E-state index contributed by atoms with van der Waals surface area (Å²) in [6.45, 7) is 0. The van der Waals surface area contributed by atoms with Gasteiger partial charge in [-0.2, -0.15) is 5.26 Å². The molecule has 0 heterocycles. The van der Waals surface area contributed by atoms with Crippen LogP contribution >= 0.6 is 0 Å². The van der Waals surface area contributed by atoms with E-state index in [2.05, 4.69) is 0 Å². The van der Waals surface area contributed by atoms with Gasteiger partial charge in [0.25, 0.3) is 0 Å². The summed E-state index contributed by atoms with van der Waals surface area (Å²) in [4.78, 5) is 0. The van der Waals surface area contributed by atoms with Gasteiger partial charge in [0.15, 0.2) is 11.6 Å². The summed E-state index contributed by atoms with van der Waals surface area (Å²) in [5.41, 5.74) is 0.891. The Morgan fingerprint density at radius 3 is 2.36 bits per heavy atom. The average molecular weight is 303 g/mol. The van der Waals surface area contributed by atoms with Crippen LogP contribution in [0.15, 0.2) is 30.4 Å². The summed E-state index contributed by atoms with van der Waals surface area (Å²) in [6.07, 6.45) is 12.6. The Hall–Kier alpha value is -1.69. The van der Waals surface area contributed by atoms with E-state index in [0.29, 0.717) is 5.92 Å². The number of allylic oxidation sites excluding steroid dienone is 2. The zero-order valence-electron chi connectivity index (χ0n) is 12.9. The third-order valence-corrected chi connectivity index (χ3v) is 4.73. The Balaban J connectivity index is 1.68. The van der Waals surface area contributed by atoms with Gasteiger partial charge in [0.05, 0.1) is 6.07 Å². The molecular formula is C19H23F2N. The van der Waals surface area contributed by atoms with Crippen LogP contribution in [0.5, 0.6) is 0 Å². The highest BCUT2D eigenvalue weighted by Crippen LogP contribution is 2.34. The average Bonchev–Trinajstić information content (AvgIpc) is 2.54. The van der Waals surface area contributed by atoms with Crippen molar-refractivity contribution >= 4 is 0 Å². The summed E-state index contributed by atoms with van der Waals surface area (Å²) in [6, 6.07) is 6.25. The fourth-order valence-electron chi connectivity index (χ4n) is 3.34. The third-order valence-electron chi connectivity index (χ3n) is 4.73. The van der Waals surface area contributed by atoms with E-state index in [9.17, 15) is 8.78 Å². The second kappa shape index (κ2) is 8.68. The summed E-state index contributed by atoms with van der Waals surface area (Å²) in [5, 5.41) is 8.44. The van der Waals surface area contributed by atoms with Gasteiger partial charge in [0, 0.05) is 6.08 Å². The lowest BCUT2D eigenvalue weighted by Gasteiger charge is -2.28. The number of rotatable bonds is 6. The quantitative estimate of drug-likeness (QED) is 0.631. The minimum Gasteiger partial charge on any atom is -0.204 e. The zero-order valence-corrected chi connectivity index (χ0v) is 12.9. The van der Waals surface area contributed by atoms with Crippen molar-refractivity contribution in [3.8, 4) is 6.07 Å². The van der Waals surface area contributed by atoms with E-state index in [0.717, 1.165) is 30.7 Å². The number of nitriles is 1. The summed E-state index contributed by atoms with van der Waals surface area (Å²) >= 11 is 0. The topological polar surface area (TPSA) is 23.8 Å². The number of halogens is 2. The highest BCUT2D eigenvalue weighted by atomic mass is 19.2. The van der Waals surface area contributed by atoms with Gasteiger partial charge < -0.3 is 0 Å². The molecule has 1 aliphatic carbocycles. The minimum atomic E-state index is -0.769. The molecule has 1 aliphatic rings. The maximum Gasteiger partial charge on any atom is 0.159 e. The Labute approximate surface area is 131 Å². The standard InChI is InChI=1S/C19H23F2N/c20-18-12-11-17(14-19(18)21)10-9-16-7-5-15(6-8-16)4-2-1-3-13-22/h1,3,11-12,14-16H,2,4-10H2/b3-1+/t15-,16-. The van der Waals surface area contributed by atoms with Gasteiger partial charge >= 0.3 is 0 Å².